The average Bonchev–Trinajstić information content (AvgIpc) is 2.31. The molecule has 0 aliphatic carbocycles. The average molecular weight is 259 g/mol. The van der Waals surface area contributed by atoms with Crippen LogP contribution in [0.2, 0.25) is 0 Å². The third-order valence-electron chi connectivity index (χ3n) is 3.31. The summed E-state index contributed by atoms with van der Waals surface area (Å²) in [5.41, 5.74) is -0.0927. The number of hydrogen-bond donors (Lipinski definition) is 3. The van der Waals surface area contributed by atoms with Gasteiger partial charge in [-0.2, -0.15) is 0 Å². The highest BCUT2D eigenvalue weighted by Crippen LogP contribution is 2.21. The quantitative estimate of drug-likeness (QED) is 0.612. The summed E-state index contributed by atoms with van der Waals surface area (Å²) in [7, 11) is 0. The van der Waals surface area contributed by atoms with Crippen LogP contribution < -0.4 is 5.32 Å². The number of carbonyl (C=O) groups excluding carboxylic acids is 1. The van der Waals surface area contributed by atoms with Crippen LogP contribution in [0.15, 0.2) is 0 Å². The van der Waals surface area contributed by atoms with Crippen molar-refractivity contribution >= 4 is 11.9 Å². The third-order valence-corrected chi connectivity index (χ3v) is 3.31. The smallest absolute Gasteiger partial charge is 0.307 e. The standard InChI is InChI=1S/C13H25NO4/c1-9(10(2)12(17)18)11(16)14-8-13(3,4)6-5-7-15/h9-10,15H,5-8H2,1-4H3,(H,14,16)(H,17,18). The number of nitrogens with one attached hydrogen (secondary N) is 1. The molecule has 0 bridgehead atoms. The first-order valence-electron chi connectivity index (χ1n) is 6.32. The highest BCUT2D eigenvalue weighted by molar-refractivity contribution is 5.84. The van der Waals surface area contributed by atoms with Gasteiger partial charge in [0, 0.05) is 19.1 Å². The van der Waals surface area contributed by atoms with Gasteiger partial charge in [0.1, 0.15) is 0 Å². The van der Waals surface area contributed by atoms with Gasteiger partial charge in [0.2, 0.25) is 5.91 Å². The zero-order valence-electron chi connectivity index (χ0n) is 11.7. The van der Waals surface area contributed by atoms with E-state index >= 15 is 0 Å². The van der Waals surface area contributed by atoms with Gasteiger partial charge in [-0.3, -0.25) is 9.59 Å². The summed E-state index contributed by atoms with van der Waals surface area (Å²) in [5.74, 6) is -2.43. The molecular weight excluding hydrogens is 234 g/mol. The predicted octanol–water partition coefficient (Wildman–Crippen LogP) is 1.26. The van der Waals surface area contributed by atoms with Crippen molar-refractivity contribution < 1.29 is 19.8 Å². The Morgan fingerprint density at radius 1 is 1.22 bits per heavy atom. The van der Waals surface area contributed by atoms with Crippen LogP contribution in [0.3, 0.4) is 0 Å². The highest BCUT2D eigenvalue weighted by atomic mass is 16.4. The molecule has 0 radical (unpaired) electrons. The van der Waals surface area contributed by atoms with Crippen molar-refractivity contribution in [1.82, 2.24) is 5.32 Å². The van der Waals surface area contributed by atoms with Crippen LogP contribution in [-0.2, 0) is 9.59 Å². The molecule has 0 saturated heterocycles. The number of aliphatic hydroxyl groups excluding tert-OH is 1. The Morgan fingerprint density at radius 2 is 1.78 bits per heavy atom. The van der Waals surface area contributed by atoms with E-state index in [9.17, 15) is 9.59 Å². The first-order valence-corrected chi connectivity index (χ1v) is 6.32. The van der Waals surface area contributed by atoms with E-state index in [0.717, 1.165) is 6.42 Å². The van der Waals surface area contributed by atoms with Crippen LogP contribution in [0.4, 0.5) is 0 Å². The Bertz CT molecular complexity index is 289. The number of carboxylic acid groups (broad SMARTS) is 1. The molecule has 106 valence electrons. The van der Waals surface area contributed by atoms with E-state index in [1.165, 1.54) is 6.92 Å². The van der Waals surface area contributed by atoms with Gasteiger partial charge in [0.05, 0.1) is 5.92 Å². The van der Waals surface area contributed by atoms with Gasteiger partial charge in [0.25, 0.3) is 0 Å². The van der Waals surface area contributed by atoms with Gasteiger partial charge < -0.3 is 15.5 Å². The van der Waals surface area contributed by atoms with Crippen LogP contribution in [0.25, 0.3) is 0 Å². The maximum absolute atomic E-state index is 11.8. The molecule has 18 heavy (non-hydrogen) atoms. The van der Waals surface area contributed by atoms with Crippen molar-refractivity contribution in [2.24, 2.45) is 17.3 Å². The fourth-order valence-electron chi connectivity index (χ4n) is 1.57. The van der Waals surface area contributed by atoms with Gasteiger partial charge >= 0.3 is 5.97 Å². The maximum Gasteiger partial charge on any atom is 0.307 e. The van der Waals surface area contributed by atoms with E-state index in [1.54, 1.807) is 6.92 Å². The summed E-state index contributed by atoms with van der Waals surface area (Å²) in [5, 5.41) is 20.4. The molecule has 0 aliphatic heterocycles. The lowest BCUT2D eigenvalue weighted by Crippen LogP contribution is -2.40. The second kappa shape index (κ2) is 7.36. The van der Waals surface area contributed by atoms with Crippen molar-refractivity contribution in [1.29, 1.82) is 0 Å². The number of amides is 1. The summed E-state index contributed by atoms with van der Waals surface area (Å²) in [6, 6.07) is 0. The summed E-state index contributed by atoms with van der Waals surface area (Å²) < 4.78 is 0. The molecule has 5 nitrogen and oxygen atoms in total. The number of carboxylic acids is 1. The summed E-state index contributed by atoms with van der Waals surface area (Å²) in [6.07, 6.45) is 1.51. The molecule has 0 heterocycles. The summed E-state index contributed by atoms with van der Waals surface area (Å²) in [4.78, 5) is 22.6. The normalized spacial score (nSPS) is 14.9. The molecule has 0 aliphatic rings. The lowest BCUT2D eigenvalue weighted by Gasteiger charge is -2.26. The number of carbonyl (C=O) groups is 2. The van der Waals surface area contributed by atoms with Crippen molar-refractivity contribution in [2.45, 2.75) is 40.5 Å². The van der Waals surface area contributed by atoms with E-state index in [2.05, 4.69) is 5.32 Å². The molecular formula is C13H25NO4. The van der Waals surface area contributed by atoms with E-state index in [4.69, 9.17) is 10.2 Å². The topological polar surface area (TPSA) is 86.6 Å². The largest absolute Gasteiger partial charge is 0.481 e. The Labute approximate surface area is 109 Å². The molecule has 0 saturated carbocycles. The third kappa shape index (κ3) is 6.00. The second-order valence-corrected chi connectivity index (χ2v) is 5.62. The molecule has 2 atom stereocenters. The van der Waals surface area contributed by atoms with Crippen molar-refractivity contribution in [3.8, 4) is 0 Å². The molecule has 0 spiro atoms. The minimum absolute atomic E-state index is 0.0927. The van der Waals surface area contributed by atoms with Crippen molar-refractivity contribution in [3.63, 3.8) is 0 Å². The van der Waals surface area contributed by atoms with Gasteiger partial charge in [-0.1, -0.05) is 27.7 Å². The number of hydrogen-bond acceptors (Lipinski definition) is 3. The minimum Gasteiger partial charge on any atom is -0.481 e. The van der Waals surface area contributed by atoms with Gasteiger partial charge in [-0.05, 0) is 18.3 Å². The van der Waals surface area contributed by atoms with Gasteiger partial charge in [-0.15, -0.1) is 0 Å². The number of rotatable bonds is 8. The lowest BCUT2D eigenvalue weighted by atomic mass is 9.87. The Kier molecular flexibility index (Phi) is 6.91. The summed E-state index contributed by atoms with van der Waals surface area (Å²) >= 11 is 0. The van der Waals surface area contributed by atoms with E-state index in [-0.39, 0.29) is 17.9 Å². The fourth-order valence-corrected chi connectivity index (χ4v) is 1.57. The van der Waals surface area contributed by atoms with E-state index < -0.39 is 17.8 Å². The molecule has 2 unspecified atom stereocenters. The van der Waals surface area contributed by atoms with Crippen LogP contribution in [0, 0.1) is 17.3 Å². The Morgan fingerprint density at radius 3 is 2.22 bits per heavy atom. The van der Waals surface area contributed by atoms with Crippen molar-refractivity contribution in [2.75, 3.05) is 13.2 Å². The second-order valence-electron chi connectivity index (χ2n) is 5.62. The van der Waals surface area contributed by atoms with Crippen LogP contribution in [-0.4, -0.2) is 35.2 Å². The Hall–Kier alpha value is -1.10. The first-order chi connectivity index (χ1) is 8.21. The fraction of sp³-hybridized carbons (Fsp3) is 0.846. The molecule has 5 heteroatoms. The molecule has 0 aromatic carbocycles. The summed E-state index contributed by atoms with van der Waals surface area (Å²) in [6.45, 7) is 7.80. The van der Waals surface area contributed by atoms with Crippen LogP contribution in [0.5, 0.6) is 0 Å². The minimum atomic E-state index is -0.961. The first kappa shape index (κ1) is 16.9. The molecule has 0 rings (SSSR count). The lowest BCUT2D eigenvalue weighted by molar-refractivity contribution is -0.146. The SMILES string of the molecule is CC(C(=O)O)C(C)C(=O)NCC(C)(C)CCCO. The monoisotopic (exact) mass is 259 g/mol. The molecule has 0 aromatic rings. The Balaban J connectivity index is 4.20. The highest BCUT2D eigenvalue weighted by Gasteiger charge is 2.27. The van der Waals surface area contributed by atoms with Gasteiger partial charge in [0.15, 0.2) is 0 Å². The van der Waals surface area contributed by atoms with Crippen molar-refractivity contribution in [3.05, 3.63) is 0 Å². The van der Waals surface area contributed by atoms with E-state index in [1.807, 2.05) is 13.8 Å². The van der Waals surface area contributed by atoms with Gasteiger partial charge in [-0.25, -0.2) is 0 Å². The molecule has 0 aromatic heterocycles. The van der Waals surface area contributed by atoms with Crippen LogP contribution in [0.1, 0.15) is 40.5 Å². The molecule has 3 N–H and O–H groups in total. The number of aliphatic hydroxyl groups is 1. The zero-order chi connectivity index (χ0) is 14.3. The van der Waals surface area contributed by atoms with Crippen LogP contribution >= 0.6 is 0 Å². The number of aliphatic carboxylic acids is 1. The predicted molar refractivity (Wildman–Crippen MR) is 69.1 cm³/mol. The maximum atomic E-state index is 11.8. The molecule has 1 amide bonds. The van der Waals surface area contributed by atoms with E-state index in [0.29, 0.717) is 13.0 Å². The zero-order valence-corrected chi connectivity index (χ0v) is 11.7. The molecule has 0 fully saturated rings.